The van der Waals surface area contributed by atoms with Gasteiger partial charge in [-0.1, -0.05) is 68.9 Å². The minimum atomic E-state index is -0.199. The maximum Gasteiger partial charge on any atom is 0.127 e. The summed E-state index contributed by atoms with van der Waals surface area (Å²) in [5, 5.41) is 0. The van der Waals surface area contributed by atoms with Crippen LogP contribution in [0.2, 0.25) is 0 Å². The van der Waals surface area contributed by atoms with Gasteiger partial charge < -0.3 is 9.47 Å². The maximum atomic E-state index is 6.07. The van der Waals surface area contributed by atoms with E-state index in [-0.39, 0.29) is 11.0 Å². The summed E-state index contributed by atoms with van der Waals surface area (Å²) < 4.78 is 12.0. The number of ether oxygens (including phenoxy) is 2. The minimum Gasteiger partial charge on any atom is -0.488 e. The van der Waals surface area contributed by atoms with Crippen LogP contribution in [0.3, 0.4) is 0 Å². The molecule has 0 spiro atoms. The molecule has 0 heterocycles. The van der Waals surface area contributed by atoms with Crippen molar-refractivity contribution in [1.29, 1.82) is 0 Å². The Bertz CT molecular complexity index is 1230. The average Bonchev–Trinajstić information content (AvgIpc) is 2.80. The van der Waals surface area contributed by atoms with Gasteiger partial charge in [-0.15, -0.1) is 0 Å². The molecule has 4 rings (SSSR count). The third kappa shape index (κ3) is 7.16. The minimum absolute atomic E-state index is 0.173. The Kier molecular flexibility index (Phi) is 7.28. The summed E-state index contributed by atoms with van der Waals surface area (Å²) in [6.45, 7) is 12.9. The lowest BCUT2D eigenvalue weighted by Crippen LogP contribution is -2.22. The van der Waals surface area contributed by atoms with Gasteiger partial charge in [-0.05, 0) is 104 Å². The summed E-state index contributed by atoms with van der Waals surface area (Å²) >= 11 is 1.76. The summed E-state index contributed by atoms with van der Waals surface area (Å²) in [5.41, 5.74) is 3.61. The lowest BCUT2D eigenvalue weighted by Gasteiger charge is -2.21. The zero-order valence-corrected chi connectivity index (χ0v) is 22.3. The number of hydrogen-bond donors (Lipinski definition) is 0. The molecule has 0 aliphatic rings. The van der Waals surface area contributed by atoms with Gasteiger partial charge >= 0.3 is 0 Å². The van der Waals surface area contributed by atoms with E-state index in [0.29, 0.717) is 0 Å². The van der Waals surface area contributed by atoms with Crippen LogP contribution >= 0.6 is 11.8 Å². The molecule has 0 aliphatic heterocycles. The highest BCUT2D eigenvalue weighted by Gasteiger charge is 2.13. The van der Waals surface area contributed by atoms with E-state index in [2.05, 4.69) is 102 Å². The molecule has 0 saturated carbocycles. The van der Waals surface area contributed by atoms with Crippen molar-refractivity contribution >= 4 is 11.8 Å². The van der Waals surface area contributed by atoms with Gasteiger partial charge in [0.05, 0.1) is 0 Å². The van der Waals surface area contributed by atoms with Gasteiger partial charge in [0.15, 0.2) is 0 Å². The van der Waals surface area contributed by atoms with Crippen LogP contribution in [0.1, 0.15) is 47.1 Å². The monoisotopic (exact) mass is 482 g/mol. The third-order valence-corrected chi connectivity index (χ3v) is 6.50. The van der Waals surface area contributed by atoms with Crippen molar-refractivity contribution < 1.29 is 9.47 Å². The quantitative estimate of drug-likeness (QED) is 0.272. The Labute approximate surface area is 214 Å². The standard InChI is InChI=1S/C32H34O2S/c1-31(2,3)25-11-19-29(20-12-25)35-30-21-17-27(18-22-30)33-26-13-7-23(8-14-26)24-9-15-28(16-10-24)34-32(4,5)6/h7-22H,1-6H3. The van der Waals surface area contributed by atoms with Crippen molar-refractivity contribution in [1.82, 2.24) is 0 Å². The summed E-state index contributed by atoms with van der Waals surface area (Å²) in [7, 11) is 0. The Morgan fingerprint density at radius 2 is 0.886 bits per heavy atom. The topological polar surface area (TPSA) is 18.5 Å². The molecule has 3 heteroatoms. The fraction of sp³-hybridized carbons (Fsp3) is 0.250. The van der Waals surface area contributed by atoms with E-state index in [1.54, 1.807) is 11.8 Å². The summed E-state index contributed by atoms with van der Waals surface area (Å²) in [6, 6.07) is 33.5. The summed E-state index contributed by atoms with van der Waals surface area (Å²) in [6.07, 6.45) is 0. The normalized spacial score (nSPS) is 11.8. The van der Waals surface area contributed by atoms with Gasteiger partial charge in [-0.2, -0.15) is 0 Å². The Balaban J connectivity index is 1.36. The fourth-order valence-corrected chi connectivity index (χ4v) is 4.47. The zero-order chi connectivity index (χ0) is 25.1. The Morgan fingerprint density at radius 1 is 0.486 bits per heavy atom. The van der Waals surface area contributed by atoms with Crippen LogP contribution in [0.4, 0.5) is 0 Å². The molecular weight excluding hydrogens is 448 g/mol. The van der Waals surface area contributed by atoms with Crippen molar-refractivity contribution in [2.75, 3.05) is 0 Å². The number of hydrogen-bond acceptors (Lipinski definition) is 3. The van der Waals surface area contributed by atoms with Crippen molar-refractivity contribution in [3.05, 3.63) is 103 Å². The van der Waals surface area contributed by atoms with Crippen LogP contribution in [-0.2, 0) is 5.41 Å². The first-order valence-corrected chi connectivity index (χ1v) is 12.8. The van der Waals surface area contributed by atoms with Crippen LogP contribution in [-0.4, -0.2) is 5.60 Å². The molecule has 0 fully saturated rings. The van der Waals surface area contributed by atoms with Crippen LogP contribution in [0.25, 0.3) is 11.1 Å². The molecule has 0 radical (unpaired) electrons. The molecule has 0 saturated heterocycles. The van der Waals surface area contributed by atoms with E-state index in [1.807, 2.05) is 36.4 Å². The molecule has 0 N–H and O–H groups in total. The van der Waals surface area contributed by atoms with E-state index in [1.165, 1.54) is 15.4 Å². The molecule has 0 bridgehead atoms. The molecule has 0 amide bonds. The van der Waals surface area contributed by atoms with Crippen molar-refractivity contribution in [2.45, 2.75) is 62.3 Å². The zero-order valence-electron chi connectivity index (χ0n) is 21.5. The van der Waals surface area contributed by atoms with Crippen molar-refractivity contribution in [3.8, 4) is 28.4 Å². The predicted octanol–water partition coefficient (Wildman–Crippen LogP) is 9.77. The van der Waals surface area contributed by atoms with E-state index in [0.717, 1.165) is 28.4 Å². The highest BCUT2D eigenvalue weighted by Crippen LogP contribution is 2.33. The van der Waals surface area contributed by atoms with E-state index in [4.69, 9.17) is 9.47 Å². The second-order valence-electron chi connectivity index (χ2n) is 10.7. The van der Waals surface area contributed by atoms with Gasteiger partial charge in [0, 0.05) is 9.79 Å². The second-order valence-corrected chi connectivity index (χ2v) is 11.9. The molecular formula is C32H34O2S. The first-order chi connectivity index (χ1) is 16.5. The van der Waals surface area contributed by atoms with Crippen LogP contribution < -0.4 is 9.47 Å². The summed E-state index contributed by atoms with van der Waals surface area (Å²) in [5.74, 6) is 2.53. The molecule has 4 aromatic carbocycles. The highest BCUT2D eigenvalue weighted by molar-refractivity contribution is 7.99. The van der Waals surface area contributed by atoms with Gasteiger partial charge in [-0.25, -0.2) is 0 Å². The molecule has 35 heavy (non-hydrogen) atoms. The Morgan fingerprint density at radius 3 is 1.31 bits per heavy atom. The van der Waals surface area contributed by atoms with Crippen LogP contribution in [0.5, 0.6) is 17.2 Å². The predicted molar refractivity (Wildman–Crippen MR) is 148 cm³/mol. The first-order valence-electron chi connectivity index (χ1n) is 12.0. The smallest absolute Gasteiger partial charge is 0.127 e. The molecule has 4 aromatic rings. The molecule has 0 atom stereocenters. The van der Waals surface area contributed by atoms with Gasteiger partial charge in [-0.3, -0.25) is 0 Å². The lowest BCUT2D eigenvalue weighted by molar-refractivity contribution is 0.131. The summed E-state index contributed by atoms with van der Waals surface area (Å²) in [4.78, 5) is 2.43. The van der Waals surface area contributed by atoms with Crippen LogP contribution in [0, 0.1) is 0 Å². The van der Waals surface area contributed by atoms with Gasteiger partial charge in [0.1, 0.15) is 22.8 Å². The number of rotatable bonds is 6. The SMILES string of the molecule is CC(C)(C)Oc1ccc(-c2ccc(Oc3ccc(Sc4ccc(C(C)(C)C)cc4)cc3)cc2)cc1. The molecule has 180 valence electrons. The molecule has 2 nitrogen and oxygen atoms in total. The average molecular weight is 483 g/mol. The number of benzene rings is 4. The maximum absolute atomic E-state index is 6.07. The van der Waals surface area contributed by atoms with E-state index in [9.17, 15) is 0 Å². The fourth-order valence-electron chi connectivity index (χ4n) is 3.66. The van der Waals surface area contributed by atoms with Gasteiger partial charge in [0.2, 0.25) is 0 Å². The Hall–Kier alpha value is -3.17. The third-order valence-electron chi connectivity index (χ3n) is 5.48. The first kappa shape index (κ1) is 24.9. The van der Waals surface area contributed by atoms with Crippen molar-refractivity contribution in [2.24, 2.45) is 0 Å². The van der Waals surface area contributed by atoms with Crippen LogP contribution in [0.15, 0.2) is 107 Å². The molecule has 0 aliphatic carbocycles. The second kappa shape index (κ2) is 10.2. The molecule has 0 aromatic heterocycles. The highest BCUT2D eigenvalue weighted by atomic mass is 32.2. The van der Waals surface area contributed by atoms with Gasteiger partial charge in [0.25, 0.3) is 0 Å². The van der Waals surface area contributed by atoms with Crippen molar-refractivity contribution in [3.63, 3.8) is 0 Å². The lowest BCUT2D eigenvalue weighted by atomic mass is 9.87. The molecule has 0 unspecified atom stereocenters. The van der Waals surface area contributed by atoms with E-state index < -0.39 is 0 Å². The largest absolute Gasteiger partial charge is 0.488 e. The van der Waals surface area contributed by atoms with E-state index >= 15 is 0 Å².